The van der Waals surface area contributed by atoms with Crippen LogP contribution in [0, 0.1) is 6.92 Å². The fourth-order valence-electron chi connectivity index (χ4n) is 1.90. The minimum atomic E-state index is -0.648. The Morgan fingerprint density at radius 3 is 2.79 bits per heavy atom. The van der Waals surface area contributed by atoms with Crippen molar-refractivity contribution in [3.63, 3.8) is 0 Å². The molecule has 5 heteroatoms. The number of hydrogen-bond acceptors (Lipinski definition) is 4. The Morgan fingerprint density at radius 2 is 2.16 bits per heavy atom. The van der Waals surface area contributed by atoms with Gasteiger partial charge in [0.2, 0.25) is 5.91 Å². The van der Waals surface area contributed by atoms with Crippen LogP contribution in [-0.2, 0) is 14.3 Å². The van der Waals surface area contributed by atoms with Crippen LogP contribution in [0.3, 0.4) is 0 Å². The van der Waals surface area contributed by atoms with Gasteiger partial charge in [0.1, 0.15) is 6.04 Å². The lowest BCUT2D eigenvalue weighted by molar-refractivity contribution is -0.125. The highest BCUT2D eigenvalue weighted by atomic mass is 16.6. The number of aryl methyl sites for hydroxylation is 1. The predicted octanol–water partition coefficient (Wildman–Crippen LogP) is 0.526. The summed E-state index contributed by atoms with van der Waals surface area (Å²) in [5.74, 6) is -0.196. The van der Waals surface area contributed by atoms with Crippen LogP contribution in [0.1, 0.15) is 17.2 Å². The van der Waals surface area contributed by atoms with Gasteiger partial charge in [-0.25, -0.2) is 0 Å². The number of nitrogens with two attached hydrogens (primary N) is 1. The number of ether oxygens (including phenoxy) is 2. The van der Waals surface area contributed by atoms with Crippen LogP contribution in [0.5, 0.6) is 0 Å². The highest BCUT2D eigenvalue weighted by Gasteiger charge is 2.19. The molecule has 1 aromatic rings. The lowest BCUT2D eigenvalue weighted by atomic mass is 10.1. The van der Waals surface area contributed by atoms with Crippen molar-refractivity contribution in [3.05, 3.63) is 35.4 Å². The number of carbonyl (C=O) groups is 1. The van der Waals surface area contributed by atoms with Crippen molar-refractivity contribution in [2.45, 2.75) is 19.1 Å². The molecule has 104 valence electrons. The van der Waals surface area contributed by atoms with Crippen LogP contribution in [0.15, 0.2) is 24.3 Å². The number of hydrogen-bond donors (Lipinski definition) is 2. The first-order chi connectivity index (χ1) is 9.16. The van der Waals surface area contributed by atoms with E-state index in [9.17, 15) is 4.79 Å². The molecule has 0 saturated carbocycles. The minimum Gasteiger partial charge on any atom is -0.376 e. The number of benzene rings is 1. The summed E-state index contributed by atoms with van der Waals surface area (Å²) in [7, 11) is 0. The van der Waals surface area contributed by atoms with Gasteiger partial charge in [0.25, 0.3) is 0 Å². The van der Waals surface area contributed by atoms with E-state index in [0.29, 0.717) is 26.4 Å². The van der Waals surface area contributed by atoms with Gasteiger partial charge in [-0.2, -0.15) is 0 Å². The maximum Gasteiger partial charge on any atom is 0.241 e. The van der Waals surface area contributed by atoms with Crippen molar-refractivity contribution in [2.24, 2.45) is 5.73 Å². The van der Waals surface area contributed by atoms with E-state index in [-0.39, 0.29) is 12.0 Å². The summed E-state index contributed by atoms with van der Waals surface area (Å²) in [5.41, 5.74) is 7.87. The maximum atomic E-state index is 11.9. The minimum absolute atomic E-state index is 0.0806. The molecule has 2 atom stereocenters. The molecule has 1 fully saturated rings. The van der Waals surface area contributed by atoms with Gasteiger partial charge in [-0.15, -0.1) is 0 Å². The highest BCUT2D eigenvalue weighted by Crippen LogP contribution is 2.11. The van der Waals surface area contributed by atoms with Gasteiger partial charge in [-0.05, 0) is 12.5 Å². The first kappa shape index (κ1) is 14.0. The quantitative estimate of drug-likeness (QED) is 0.832. The first-order valence-electron chi connectivity index (χ1n) is 6.46. The Morgan fingerprint density at radius 1 is 1.42 bits per heavy atom. The van der Waals surface area contributed by atoms with Crippen LogP contribution in [0.4, 0.5) is 0 Å². The Balaban J connectivity index is 1.83. The van der Waals surface area contributed by atoms with Gasteiger partial charge in [0.05, 0.1) is 25.9 Å². The monoisotopic (exact) mass is 264 g/mol. The average molecular weight is 264 g/mol. The summed E-state index contributed by atoms with van der Waals surface area (Å²) < 4.78 is 10.7. The molecule has 5 nitrogen and oxygen atoms in total. The zero-order chi connectivity index (χ0) is 13.7. The van der Waals surface area contributed by atoms with Gasteiger partial charge in [0.15, 0.2) is 0 Å². The third-order valence-corrected chi connectivity index (χ3v) is 3.11. The lowest BCUT2D eigenvalue weighted by Crippen LogP contribution is -2.42. The Hall–Kier alpha value is -1.43. The molecule has 0 spiro atoms. The van der Waals surface area contributed by atoms with Gasteiger partial charge in [-0.3, -0.25) is 4.79 Å². The standard InChI is InChI=1S/C14H20N2O3/c1-10-2-4-11(5-3-10)13(15)14(17)16-8-12-9-18-6-7-19-12/h2-5,12-13H,6-9,15H2,1H3,(H,16,17). The van der Waals surface area contributed by atoms with E-state index in [1.807, 2.05) is 31.2 Å². The van der Waals surface area contributed by atoms with Gasteiger partial charge >= 0.3 is 0 Å². The van der Waals surface area contributed by atoms with E-state index in [4.69, 9.17) is 15.2 Å². The molecule has 1 saturated heterocycles. The Bertz CT molecular complexity index is 413. The molecule has 0 aliphatic carbocycles. The van der Waals surface area contributed by atoms with E-state index in [1.54, 1.807) is 0 Å². The van der Waals surface area contributed by atoms with Gasteiger partial charge < -0.3 is 20.5 Å². The molecule has 1 aromatic carbocycles. The van der Waals surface area contributed by atoms with Crippen LogP contribution in [0.2, 0.25) is 0 Å². The normalized spacial score (nSPS) is 20.8. The van der Waals surface area contributed by atoms with Crippen molar-refractivity contribution in [2.75, 3.05) is 26.4 Å². The molecular weight excluding hydrogens is 244 g/mol. The number of carbonyl (C=O) groups excluding carboxylic acids is 1. The van der Waals surface area contributed by atoms with Gasteiger partial charge in [0, 0.05) is 6.54 Å². The lowest BCUT2D eigenvalue weighted by Gasteiger charge is -2.23. The second kappa shape index (κ2) is 6.65. The molecule has 1 amide bonds. The van der Waals surface area contributed by atoms with Crippen LogP contribution >= 0.6 is 0 Å². The molecule has 19 heavy (non-hydrogen) atoms. The Kier molecular flexibility index (Phi) is 4.90. The third-order valence-electron chi connectivity index (χ3n) is 3.11. The molecule has 1 aliphatic heterocycles. The summed E-state index contributed by atoms with van der Waals surface area (Å²) in [5, 5.41) is 2.80. The van der Waals surface area contributed by atoms with Crippen LogP contribution in [0.25, 0.3) is 0 Å². The number of rotatable bonds is 4. The zero-order valence-electron chi connectivity index (χ0n) is 11.1. The van der Waals surface area contributed by atoms with Crippen molar-refractivity contribution in [3.8, 4) is 0 Å². The van der Waals surface area contributed by atoms with Gasteiger partial charge in [-0.1, -0.05) is 29.8 Å². The van der Waals surface area contributed by atoms with E-state index < -0.39 is 6.04 Å². The van der Waals surface area contributed by atoms with E-state index >= 15 is 0 Å². The Labute approximate surface area is 113 Å². The molecule has 0 radical (unpaired) electrons. The molecule has 2 unspecified atom stereocenters. The summed E-state index contributed by atoms with van der Waals surface area (Å²) in [6, 6.07) is 6.99. The zero-order valence-corrected chi connectivity index (χ0v) is 11.1. The van der Waals surface area contributed by atoms with Crippen molar-refractivity contribution in [1.82, 2.24) is 5.32 Å². The molecule has 0 bridgehead atoms. The SMILES string of the molecule is Cc1ccc(C(N)C(=O)NCC2COCCO2)cc1. The molecule has 0 aromatic heterocycles. The molecule has 2 rings (SSSR count). The fourth-order valence-corrected chi connectivity index (χ4v) is 1.90. The fraction of sp³-hybridized carbons (Fsp3) is 0.500. The topological polar surface area (TPSA) is 73.6 Å². The summed E-state index contributed by atoms with van der Waals surface area (Å²) in [4.78, 5) is 11.9. The van der Waals surface area contributed by atoms with Crippen molar-refractivity contribution < 1.29 is 14.3 Å². The third kappa shape index (κ3) is 4.02. The maximum absolute atomic E-state index is 11.9. The summed E-state index contributed by atoms with van der Waals surface area (Å²) in [6.45, 7) is 4.13. The second-order valence-corrected chi connectivity index (χ2v) is 4.70. The van der Waals surface area contributed by atoms with E-state index in [1.165, 1.54) is 0 Å². The first-order valence-corrected chi connectivity index (χ1v) is 6.46. The predicted molar refractivity (Wildman–Crippen MR) is 71.7 cm³/mol. The molecule has 1 aliphatic rings. The second-order valence-electron chi connectivity index (χ2n) is 4.70. The van der Waals surface area contributed by atoms with Crippen LogP contribution in [-0.4, -0.2) is 38.4 Å². The smallest absolute Gasteiger partial charge is 0.241 e. The van der Waals surface area contributed by atoms with E-state index in [0.717, 1.165) is 11.1 Å². The average Bonchev–Trinajstić information content (AvgIpc) is 2.46. The van der Waals surface area contributed by atoms with Crippen LogP contribution < -0.4 is 11.1 Å². The number of amides is 1. The van der Waals surface area contributed by atoms with E-state index in [2.05, 4.69) is 5.32 Å². The highest BCUT2D eigenvalue weighted by molar-refractivity contribution is 5.82. The largest absolute Gasteiger partial charge is 0.376 e. The molecule has 1 heterocycles. The van der Waals surface area contributed by atoms with Crippen molar-refractivity contribution >= 4 is 5.91 Å². The van der Waals surface area contributed by atoms with Crippen molar-refractivity contribution in [1.29, 1.82) is 0 Å². The molecular formula is C14H20N2O3. The summed E-state index contributed by atoms with van der Waals surface area (Å²) >= 11 is 0. The number of nitrogens with one attached hydrogen (secondary N) is 1. The summed E-state index contributed by atoms with van der Waals surface area (Å²) in [6.07, 6.45) is -0.0806. The molecule has 3 N–H and O–H groups in total.